The lowest BCUT2D eigenvalue weighted by molar-refractivity contribution is 0.0696. The Balaban J connectivity index is 0.00000304. The zero-order chi connectivity index (χ0) is 24.7. The summed E-state index contributed by atoms with van der Waals surface area (Å²) < 4.78 is 8.91. The predicted octanol–water partition coefficient (Wildman–Crippen LogP) is 3.37. The zero-order valence-corrected chi connectivity index (χ0v) is 21.1. The molecule has 4 aromatic rings. The van der Waals surface area contributed by atoms with Crippen LogP contribution in [0, 0.1) is 0 Å². The Morgan fingerprint density at radius 2 is 1.78 bits per heavy atom. The first-order chi connectivity index (χ1) is 16.9. The van der Waals surface area contributed by atoms with Gasteiger partial charge < -0.3 is 19.9 Å². The second kappa shape index (κ2) is 10.2. The highest BCUT2D eigenvalue weighted by molar-refractivity contribution is 6.12. The van der Waals surface area contributed by atoms with Crippen molar-refractivity contribution in [1.29, 1.82) is 0 Å². The van der Waals surface area contributed by atoms with Crippen LogP contribution in [-0.4, -0.2) is 52.0 Å². The molecule has 0 spiro atoms. The number of aryl methyl sites for hydroxylation is 1. The van der Waals surface area contributed by atoms with Crippen LogP contribution in [0.25, 0.3) is 21.8 Å². The Bertz CT molecular complexity index is 1510. The van der Waals surface area contributed by atoms with Crippen molar-refractivity contribution in [2.75, 3.05) is 20.2 Å². The number of para-hydroxylation sites is 1. The molecule has 5 rings (SSSR count). The molecule has 36 heavy (non-hydrogen) atoms. The average Bonchev–Trinajstić information content (AvgIpc) is 3.18. The number of amides is 1. The van der Waals surface area contributed by atoms with Gasteiger partial charge in [-0.3, -0.25) is 19.0 Å². The third kappa shape index (κ3) is 4.16. The molecule has 1 aliphatic rings. The van der Waals surface area contributed by atoms with Crippen LogP contribution in [0.4, 0.5) is 0 Å². The maximum absolute atomic E-state index is 13.9. The number of ketones is 1. The number of hydrogen-bond acceptors (Lipinski definition) is 5. The number of nitrogens with two attached hydrogens (primary N) is 1. The molecule has 2 N–H and O–H groups in total. The standard InChI is InChI=1S/C27H28N4O4.ClH/c1-29-23-19-12-6-7-13-20(19)31(16-21(32)17-9-4-3-5-10-17)26(33)22(23)25(35-2)24(29)27(34)30-14-8-11-18(28)15-30;/h3-7,9-10,12-13,18H,8,11,14-16,28H2,1-2H3;1H/t18-;/m1./s1. The van der Waals surface area contributed by atoms with Crippen LogP contribution in [0.2, 0.25) is 0 Å². The molecule has 0 aliphatic carbocycles. The quantitative estimate of drug-likeness (QED) is 0.417. The summed E-state index contributed by atoms with van der Waals surface area (Å²) in [6, 6.07) is 16.2. The lowest BCUT2D eigenvalue weighted by Crippen LogP contribution is -2.46. The molecule has 0 unspecified atom stereocenters. The molecule has 1 aliphatic heterocycles. The molecule has 1 saturated heterocycles. The van der Waals surface area contributed by atoms with Gasteiger partial charge in [-0.25, -0.2) is 0 Å². The summed E-state index contributed by atoms with van der Waals surface area (Å²) in [6.07, 6.45) is 1.71. The number of ether oxygens (including phenoxy) is 1. The summed E-state index contributed by atoms with van der Waals surface area (Å²) in [7, 11) is 3.23. The van der Waals surface area contributed by atoms with E-state index in [1.54, 1.807) is 40.8 Å². The van der Waals surface area contributed by atoms with Crippen molar-refractivity contribution >= 4 is 45.9 Å². The third-order valence-electron chi connectivity index (χ3n) is 6.81. The van der Waals surface area contributed by atoms with E-state index in [1.807, 2.05) is 30.3 Å². The molecule has 0 radical (unpaired) electrons. The summed E-state index contributed by atoms with van der Waals surface area (Å²) in [5, 5.41) is 1.05. The number of benzene rings is 2. The summed E-state index contributed by atoms with van der Waals surface area (Å²) in [5.41, 5.74) is 7.82. The number of pyridine rings is 1. The smallest absolute Gasteiger partial charge is 0.274 e. The van der Waals surface area contributed by atoms with Crippen LogP contribution in [0.1, 0.15) is 33.7 Å². The highest BCUT2D eigenvalue weighted by atomic mass is 35.5. The minimum absolute atomic E-state index is 0. The highest BCUT2D eigenvalue weighted by Crippen LogP contribution is 2.35. The number of aromatic nitrogens is 2. The van der Waals surface area contributed by atoms with Gasteiger partial charge in [0.15, 0.2) is 17.2 Å². The van der Waals surface area contributed by atoms with Crippen molar-refractivity contribution in [3.05, 3.63) is 76.2 Å². The van der Waals surface area contributed by atoms with Crippen molar-refractivity contribution in [2.45, 2.75) is 25.4 Å². The molecular weight excluding hydrogens is 480 g/mol. The molecule has 2 aromatic carbocycles. The first-order valence-electron chi connectivity index (χ1n) is 11.7. The van der Waals surface area contributed by atoms with Crippen LogP contribution < -0.4 is 16.0 Å². The molecule has 0 bridgehead atoms. The topological polar surface area (TPSA) is 99.6 Å². The molecular formula is C27H29ClN4O4. The van der Waals surface area contributed by atoms with E-state index in [0.717, 1.165) is 18.2 Å². The summed E-state index contributed by atoms with van der Waals surface area (Å²) in [6.45, 7) is 0.940. The van der Waals surface area contributed by atoms with Crippen molar-refractivity contribution in [3.63, 3.8) is 0 Å². The minimum atomic E-state index is -0.371. The van der Waals surface area contributed by atoms with Gasteiger partial charge in [0.1, 0.15) is 5.39 Å². The fraction of sp³-hybridized carbons (Fsp3) is 0.296. The maximum Gasteiger partial charge on any atom is 0.274 e. The van der Waals surface area contributed by atoms with Gasteiger partial charge in [-0.2, -0.15) is 0 Å². The largest absolute Gasteiger partial charge is 0.493 e. The Morgan fingerprint density at radius 1 is 1.08 bits per heavy atom. The molecule has 0 saturated carbocycles. The Kier molecular flexibility index (Phi) is 7.19. The van der Waals surface area contributed by atoms with Gasteiger partial charge in [0, 0.05) is 37.1 Å². The third-order valence-corrected chi connectivity index (χ3v) is 6.81. The van der Waals surface area contributed by atoms with Gasteiger partial charge in [-0.1, -0.05) is 48.5 Å². The van der Waals surface area contributed by atoms with Crippen LogP contribution in [0.15, 0.2) is 59.4 Å². The molecule has 3 heterocycles. The summed E-state index contributed by atoms with van der Waals surface area (Å²) in [5.74, 6) is -0.167. The fourth-order valence-corrected chi connectivity index (χ4v) is 5.12. The second-order valence-corrected chi connectivity index (χ2v) is 9.02. The SMILES string of the molecule is COc1c(C(=O)N2CCC[C@@H](N)C2)n(C)c2c1c(=O)n(CC(=O)c1ccccc1)c1ccccc21.Cl. The number of piperidine rings is 1. The number of carbonyl (C=O) groups excluding carboxylic acids is 2. The number of carbonyl (C=O) groups is 2. The lowest BCUT2D eigenvalue weighted by atomic mass is 10.1. The minimum Gasteiger partial charge on any atom is -0.493 e. The number of rotatable bonds is 5. The van der Waals surface area contributed by atoms with Gasteiger partial charge >= 0.3 is 0 Å². The molecule has 1 amide bonds. The van der Waals surface area contributed by atoms with Crippen molar-refractivity contribution < 1.29 is 14.3 Å². The number of nitrogens with zero attached hydrogens (tertiary/aromatic N) is 3. The van der Waals surface area contributed by atoms with Gasteiger partial charge in [0.05, 0.1) is 24.7 Å². The Hall–Kier alpha value is -3.62. The van der Waals surface area contributed by atoms with Crippen molar-refractivity contribution in [3.8, 4) is 5.75 Å². The number of likely N-dealkylation sites (tertiary alicyclic amines) is 1. The van der Waals surface area contributed by atoms with E-state index in [-0.39, 0.29) is 48.0 Å². The number of hydrogen-bond donors (Lipinski definition) is 1. The second-order valence-electron chi connectivity index (χ2n) is 9.02. The predicted molar refractivity (Wildman–Crippen MR) is 142 cm³/mol. The molecule has 188 valence electrons. The van der Waals surface area contributed by atoms with E-state index in [4.69, 9.17) is 10.5 Å². The van der Waals surface area contributed by atoms with Crippen LogP contribution in [0.5, 0.6) is 5.75 Å². The van der Waals surface area contributed by atoms with Crippen LogP contribution >= 0.6 is 12.4 Å². The van der Waals surface area contributed by atoms with Crippen LogP contribution in [-0.2, 0) is 13.6 Å². The summed E-state index contributed by atoms with van der Waals surface area (Å²) >= 11 is 0. The first kappa shape index (κ1) is 25.5. The normalized spacial score (nSPS) is 15.6. The van der Waals surface area contributed by atoms with Gasteiger partial charge in [0.2, 0.25) is 0 Å². The Morgan fingerprint density at radius 3 is 2.47 bits per heavy atom. The Labute approximate surface area is 214 Å². The molecule has 8 nitrogen and oxygen atoms in total. The van der Waals surface area contributed by atoms with E-state index in [0.29, 0.717) is 40.8 Å². The van der Waals surface area contributed by atoms with E-state index >= 15 is 0 Å². The first-order valence-corrected chi connectivity index (χ1v) is 11.7. The van der Waals surface area contributed by atoms with Gasteiger partial charge in [0.25, 0.3) is 11.5 Å². The monoisotopic (exact) mass is 508 g/mol. The van der Waals surface area contributed by atoms with E-state index < -0.39 is 0 Å². The molecule has 9 heteroatoms. The van der Waals surface area contributed by atoms with Gasteiger partial charge in [-0.05, 0) is 18.9 Å². The highest BCUT2D eigenvalue weighted by Gasteiger charge is 2.31. The summed E-state index contributed by atoms with van der Waals surface area (Å²) in [4.78, 5) is 42.3. The molecule has 2 aromatic heterocycles. The number of methoxy groups -OCH3 is 1. The van der Waals surface area contributed by atoms with E-state index in [2.05, 4.69) is 0 Å². The zero-order valence-electron chi connectivity index (χ0n) is 20.3. The number of fused-ring (bicyclic) bond motifs is 3. The van der Waals surface area contributed by atoms with Crippen molar-refractivity contribution in [2.24, 2.45) is 12.8 Å². The van der Waals surface area contributed by atoms with E-state index in [9.17, 15) is 14.4 Å². The molecule has 1 fully saturated rings. The van der Waals surface area contributed by atoms with E-state index in [1.165, 1.54) is 11.7 Å². The van der Waals surface area contributed by atoms with Gasteiger partial charge in [-0.15, -0.1) is 12.4 Å². The fourth-order valence-electron chi connectivity index (χ4n) is 5.12. The maximum atomic E-state index is 13.9. The van der Waals surface area contributed by atoms with Crippen molar-refractivity contribution in [1.82, 2.24) is 14.0 Å². The van der Waals surface area contributed by atoms with Crippen LogP contribution in [0.3, 0.4) is 0 Å². The molecule has 1 atom stereocenters. The average molecular weight is 509 g/mol. The lowest BCUT2D eigenvalue weighted by Gasteiger charge is -2.31. The number of halogens is 1. The number of Topliss-reactive ketones (excluding diaryl/α,β-unsaturated/α-hetero) is 1.